The van der Waals surface area contributed by atoms with E-state index in [9.17, 15) is 0 Å². The first kappa shape index (κ1) is 10.9. The molecule has 1 saturated carbocycles. The molecule has 0 amide bonds. The van der Waals surface area contributed by atoms with E-state index in [1.807, 2.05) is 6.92 Å². The Bertz CT molecular complexity index is 369. The van der Waals surface area contributed by atoms with Crippen LogP contribution in [0.5, 0.6) is 0 Å². The van der Waals surface area contributed by atoms with Gasteiger partial charge in [0.05, 0.1) is 12.0 Å². The van der Waals surface area contributed by atoms with Gasteiger partial charge in [-0.2, -0.15) is 5.26 Å². The first-order valence-electron chi connectivity index (χ1n) is 5.16. The van der Waals surface area contributed by atoms with Gasteiger partial charge in [0.1, 0.15) is 5.01 Å². The highest BCUT2D eigenvalue weighted by atomic mass is 32.2. The fourth-order valence-corrected chi connectivity index (χ4v) is 4.17. The first-order chi connectivity index (χ1) is 7.29. The van der Waals surface area contributed by atoms with Gasteiger partial charge < -0.3 is 0 Å². The van der Waals surface area contributed by atoms with Crippen molar-refractivity contribution >= 4 is 23.1 Å². The third-order valence-electron chi connectivity index (χ3n) is 2.63. The normalized spacial score (nSPS) is 26.1. The number of hydrogen-bond acceptors (Lipinski definition) is 5. The molecule has 0 N–H and O–H groups in total. The summed E-state index contributed by atoms with van der Waals surface area (Å²) < 4.78 is 1.01. The highest BCUT2D eigenvalue weighted by Crippen LogP contribution is 2.38. The lowest BCUT2D eigenvalue weighted by Gasteiger charge is -2.24. The van der Waals surface area contributed by atoms with Crippen LogP contribution in [-0.4, -0.2) is 15.4 Å². The fourth-order valence-electron chi connectivity index (χ4n) is 1.84. The Kier molecular flexibility index (Phi) is 3.60. The molecule has 0 aromatic carbocycles. The van der Waals surface area contributed by atoms with Crippen LogP contribution in [0.4, 0.5) is 0 Å². The summed E-state index contributed by atoms with van der Waals surface area (Å²) in [4.78, 5) is 0. The molecule has 0 aliphatic heterocycles. The molecule has 3 nitrogen and oxygen atoms in total. The summed E-state index contributed by atoms with van der Waals surface area (Å²) in [6.45, 7) is 1.96. The molecule has 1 aromatic heterocycles. The van der Waals surface area contributed by atoms with Crippen LogP contribution in [0, 0.1) is 24.2 Å². The lowest BCUT2D eigenvalue weighted by molar-refractivity contribution is 0.439. The van der Waals surface area contributed by atoms with Gasteiger partial charge in [-0.15, -0.1) is 10.2 Å². The molecule has 0 saturated heterocycles. The summed E-state index contributed by atoms with van der Waals surface area (Å²) in [6, 6.07) is 2.42. The van der Waals surface area contributed by atoms with Crippen LogP contribution in [0.1, 0.15) is 30.7 Å². The minimum absolute atomic E-state index is 0.202. The zero-order chi connectivity index (χ0) is 10.7. The molecular formula is C10H13N3S2. The minimum Gasteiger partial charge on any atom is -0.198 e. The largest absolute Gasteiger partial charge is 0.198 e. The molecule has 1 heterocycles. The number of aryl methyl sites for hydroxylation is 1. The smallest absolute Gasteiger partial charge is 0.174 e. The highest BCUT2D eigenvalue weighted by molar-refractivity contribution is 8.01. The maximum absolute atomic E-state index is 9.05. The van der Waals surface area contributed by atoms with Crippen LogP contribution in [0.2, 0.25) is 0 Å². The molecule has 0 bridgehead atoms. The number of nitrogens with zero attached hydrogens (tertiary/aromatic N) is 3. The van der Waals surface area contributed by atoms with E-state index in [2.05, 4.69) is 16.3 Å². The molecule has 0 spiro atoms. The quantitative estimate of drug-likeness (QED) is 0.796. The van der Waals surface area contributed by atoms with E-state index in [1.165, 1.54) is 12.8 Å². The second-order valence-corrected chi connectivity index (χ2v) is 6.43. The summed E-state index contributed by atoms with van der Waals surface area (Å²) in [6.07, 6.45) is 4.63. The van der Waals surface area contributed by atoms with Gasteiger partial charge in [-0.25, -0.2) is 0 Å². The Morgan fingerprint density at radius 3 is 2.87 bits per heavy atom. The summed E-state index contributed by atoms with van der Waals surface area (Å²) in [5.41, 5.74) is 0. The zero-order valence-corrected chi connectivity index (χ0v) is 10.3. The van der Waals surface area contributed by atoms with E-state index < -0.39 is 0 Å². The Labute approximate surface area is 97.9 Å². The van der Waals surface area contributed by atoms with Gasteiger partial charge in [0.2, 0.25) is 0 Å². The van der Waals surface area contributed by atoms with E-state index in [0.29, 0.717) is 5.25 Å². The second kappa shape index (κ2) is 4.95. The summed E-state index contributed by atoms with van der Waals surface area (Å²) in [7, 11) is 0. The topological polar surface area (TPSA) is 49.6 Å². The van der Waals surface area contributed by atoms with Crippen LogP contribution < -0.4 is 0 Å². The molecule has 2 rings (SSSR count). The third-order valence-corrected chi connectivity index (χ3v) is 4.95. The molecular weight excluding hydrogens is 226 g/mol. The van der Waals surface area contributed by atoms with Crippen LogP contribution in [0.25, 0.3) is 0 Å². The van der Waals surface area contributed by atoms with Crippen molar-refractivity contribution in [1.82, 2.24) is 10.2 Å². The van der Waals surface area contributed by atoms with Gasteiger partial charge in [0.25, 0.3) is 0 Å². The van der Waals surface area contributed by atoms with Gasteiger partial charge in [-0.05, 0) is 19.8 Å². The number of aromatic nitrogens is 2. The zero-order valence-electron chi connectivity index (χ0n) is 8.64. The molecule has 2 atom stereocenters. The van der Waals surface area contributed by atoms with E-state index in [4.69, 9.17) is 5.26 Å². The number of hydrogen-bond donors (Lipinski definition) is 0. The van der Waals surface area contributed by atoms with E-state index >= 15 is 0 Å². The predicted octanol–water partition coefficient (Wildman–Crippen LogP) is 3.02. The Balaban J connectivity index is 2.01. The molecule has 1 aliphatic rings. The van der Waals surface area contributed by atoms with Crippen molar-refractivity contribution in [2.75, 3.05) is 0 Å². The van der Waals surface area contributed by atoms with Gasteiger partial charge in [0.15, 0.2) is 4.34 Å². The molecule has 1 aromatic rings. The predicted molar refractivity (Wildman–Crippen MR) is 61.9 cm³/mol. The SMILES string of the molecule is Cc1nnc(SC2CCCCC2C#N)s1. The number of nitriles is 1. The van der Waals surface area contributed by atoms with E-state index in [1.54, 1.807) is 23.1 Å². The highest BCUT2D eigenvalue weighted by Gasteiger charge is 2.26. The molecule has 0 radical (unpaired) electrons. The second-order valence-electron chi connectivity index (χ2n) is 3.76. The molecule has 1 aliphatic carbocycles. The summed E-state index contributed by atoms with van der Waals surface area (Å²) in [5, 5.41) is 18.6. The number of rotatable bonds is 2. The van der Waals surface area contributed by atoms with Crippen LogP contribution in [0.3, 0.4) is 0 Å². The van der Waals surface area contributed by atoms with Gasteiger partial charge >= 0.3 is 0 Å². The van der Waals surface area contributed by atoms with E-state index in [-0.39, 0.29) is 5.92 Å². The molecule has 5 heteroatoms. The summed E-state index contributed by atoms with van der Waals surface area (Å²) >= 11 is 3.37. The van der Waals surface area contributed by atoms with Crippen LogP contribution >= 0.6 is 23.1 Å². The fraction of sp³-hybridized carbons (Fsp3) is 0.700. The number of thioether (sulfide) groups is 1. The summed E-state index contributed by atoms with van der Waals surface area (Å²) in [5.74, 6) is 0.202. The van der Waals surface area contributed by atoms with Crippen LogP contribution in [-0.2, 0) is 0 Å². The molecule has 1 fully saturated rings. The van der Waals surface area contributed by atoms with Crippen LogP contribution in [0.15, 0.2) is 4.34 Å². The maximum atomic E-state index is 9.05. The lowest BCUT2D eigenvalue weighted by atomic mass is 9.90. The Hall–Kier alpha value is -0.600. The third kappa shape index (κ3) is 2.70. The van der Waals surface area contributed by atoms with Crippen molar-refractivity contribution in [3.63, 3.8) is 0 Å². The standard InChI is InChI=1S/C10H13N3S2/c1-7-12-13-10(14-7)15-9-5-3-2-4-8(9)6-11/h8-9H,2-5H2,1H3. The molecule has 2 unspecified atom stereocenters. The lowest BCUT2D eigenvalue weighted by Crippen LogP contribution is -2.20. The van der Waals surface area contributed by atoms with Crippen molar-refractivity contribution in [2.24, 2.45) is 5.92 Å². The Morgan fingerprint density at radius 1 is 1.40 bits per heavy atom. The van der Waals surface area contributed by atoms with Crippen molar-refractivity contribution in [3.8, 4) is 6.07 Å². The van der Waals surface area contributed by atoms with Crippen molar-refractivity contribution in [3.05, 3.63) is 5.01 Å². The maximum Gasteiger partial charge on any atom is 0.174 e. The average Bonchev–Trinajstić information content (AvgIpc) is 2.65. The minimum atomic E-state index is 0.202. The molecule has 15 heavy (non-hydrogen) atoms. The van der Waals surface area contributed by atoms with Crippen molar-refractivity contribution < 1.29 is 0 Å². The molecule has 80 valence electrons. The Morgan fingerprint density at radius 2 is 2.20 bits per heavy atom. The van der Waals surface area contributed by atoms with Crippen molar-refractivity contribution in [2.45, 2.75) is 42.2 Å². The van der Waals surface area contributed by atoms with Gasteiger partial charge in [0, 0.05) is 5.25 Å². The first-order valence-corrected chi connectivity index (χ1v) is 6.85. The van der Waals surface area contributed by atoms with Crippen molar-refractivity contribution in [1.29, 1.82) is 5.26 Å². The monoisotopic (exact) mass is 239 g/mol. The average molecular weight is 239 g/mol. The van der Waals surface area contributed by atoms with E-state index in [0.717, 1.165) is 22.2 Å². The van der Waals surface area contributed by atoms with Gasteiger partial charge in [-0.1, -0.05) is 35.9 Å². The van der Waals surface area contributed by atoms with Gasteiger partial charge in [-0.3, -0.25) is 0 Å².